The van der Waals surface area contributed by atoms with E-state index in [1.54, 1.807) is 0 Å². The molecule has 1 unspecified atom stereocenters. The summed E-state index contributed by atoms with van der Waals surface area (Å²) in [5.74, 6) is -1.71. The van der Waals surface area contributed by atoms with E-state index >= 15 is 0 Å². The lowest BCUT2D eigenvalue weighted by molar-refractivity contribution is -0.146. The normalized spacial score (nSPS) is 21.2. The Morgan fingerprint density at radius 2 is 1.79 bits per heavy atom. The van der Waals surface area contributed by atoms with Crippen LogP contribution < -0.4 is 0 Å². The Labute approximate surface area is 175 Å². The molecule has 0 heterocycles. The molecule has 4 nitrogen and oxygen atoms in total. The second kappa shape index (κ2) is 10.8. The van der Waals surface area contributed by atoms with E-state index in [4.69, 9.17) is 9.84 Å². The van der Waals surface area contributed by atoms with Crippen LogP contribution in [0.1, 0.15) is 61.3 Å². The summed E-state index contributed by atoms with van der Waals surface area (Å²) in [6, 6.07) is 0. The average Bonchev–Trinajstić information content (AvgIpc) is 2.59. The van der Waals surface area contributed by atoms with Gasteiger partial charge in [-0.15, -0.1) is 0 Å². The zero-order chi connectivity index (χ0) is 22.2. The highest BCUT2D eigenvalue weighted by atomic mass is 16.5. The Hall–Kier alpha value is -2.62. The van der Waals surface area contributed by atoms with Crippen molar-refractivity contribution in [2.75, 3.05) is 0 Å². The molecule has 1 aliphatic rings. The average molecular weight is 399 g/mol. The van der Waals surface area contributed by atoms with Crippen molar-refractivity contribution >= 4 is 11.9 Å². The zero-order valence-corrected chi connectivity index (χ0v) is 18.7. The number of carbonyl (C=O) groups is 2. The highest BCUT2D eigenvalue weighted by Gasteiger charge is 2.34. The molecule has 0 aliphatic heterocycles. The van der Waals surface area contributed by atoms with Crippen LogP contribution in [-0.4, -0.2) is 23.1 Å². The molecule has 0 aromatic heterocycles. The molecular weight excluding hydrogens is 364 g/mol. The van der Waals surface area contributed by atoms with Gasteiger partial charge in [0.2, 0.25) is 0 Å². The summed E-state index contributed by atoms with van der Waals surface area (Å²) in [6.45, 7) is 14.0. The molecule has 0 fully saturated rings. The number of carbonyl (C=O) groups excluding carboxylic acids is 1. The van der Waals surface area contributed by atoms with E-state index in [2.05, 4.69) is 65.0 Å². The largest absolute Gasteiger partial charge is 0.478 e. The summed E-state index contributed by atoms with van der Waals surface area (Å²) in [5.41, 5.74) is 4.77. The van der Waals surface area contributed by atoms with E-state index in [0.717, 1.165) is 11.6 Å². The molecule has 0 saturated carbocycles. The topological polar surface area (TPSA) is 63.6 Å². The van der Waals surface area contributed by atoms with Crippen LogP contribution in [0.2, 0.25) is 0 Å². The summed E-state index contributed by atoms with van der Waals surface area (Å²) in [5, 5.41) is 8.79. The van der Waals surface area contributed by atoms with Gasteiger partial charge in [0.1, 0.15) is 6.10 Å². The monoisotopic (exact) mass is 398 g/mol. The second-order valence-electron chi connectivity index (χ2n) is 8.31. The summed E-state index contributed by atoms with van der Waals surface area (Å²) >= 11 is 0. The van der Waals surface area contributed by atoms with E-state index < -0.39 is 11.9 Å². The first-order valence-corrected chi connectivity index (χ1v) is 9.94. The van der Waals surface area contributed by atoms with Gasteiger partial charge < -0.3 is 9.84 Å². The first kappa shape index (κ1) is 24.4. The number of carboxylic acid groups (broad SMARTS) is 1. The predicted molar refractivity (Wildman–Crippen MR) is 118 cm³/mol. The number of aliphatic carboxylic acids is 1. The number of allylic oxidation sites excluding steroid dienone is 9. The third-order valence-corrected chi connectivity index (χ3v) is 5.08. The van der Waals surface area contributed by atoms with Crippen molar-refractivity contribution in [2.45, 2.75) is 67.4 Å². The molecule has 158 valence electrons. The van der Waals surface area contributed by atoms with Gasteiger partial charge in [0.15, 0.2) is 0 Å². The van der Waals surface area contributed by atoms with Crippen LogP contribution in [-0.2, 0) is 14.3 Å². The van der Waals surface area contributed by atoms with Gasteiger partial charge in [0, 0.05) is 18.1 Å². The van der Waals surface area contributed by atoms with Crippen LogP contribution in [0.15, 0.2) is 70.4 Å². The Morgan fingerprint density at radius 1 is 1.14 bits per heavy atom. The van der Waals surface area contributed by atoms with Crippen molar-refractivity contribution < 1.29 is 19.4 Å². The van der Waals surface area contributed by atoms with E-state index in [1.807, 2.05) is 13.0 Å². The fourth-order valence-corrected chi connectivity index (χ4v) is 3.44. The van der Waals surface area contributed by atoms with E-state index in [1.165, 1.54) is 23.6 Å². The minimum atomic E-state index is -1.15. The number of esters is 1. The predicted octanol–water partition coefficient (Wildman–Crippen LogP) is 6.09. The molecule has 29 heavy (non-hydrogen) atoms. The van der Waals surface area contributed by atoms with Gasteiger partial charge in [-0.25, -0.2) is 9.59 Å². The first-order chi connectivity index (χ1) is 13.5. The first-order valence-electron chi connectivity index (χ1n) is 9.94. The quantitative estimate of drug-likeness (QED) is 0.320. The molecule has 0 aromatic carbocycles. The fraction of sp³-hybridized carbons (Fsp3) is 0.440. The summed E-state index contributed by atoms with van der Waals surface area (Å²) in [4.78, 5) is 22.9. The van der Waals surface area contributed by atoms with Crippen LogP contribution >= 0.6 is 0 Å². The Bertz CT molecular complexity index is 814. The molecule has 0 aromatic rings. The maximum Gasteiger partial charge on any atom is 0.334 e. The molecule has 0 spiro atoms. The van der Waals surface area contributed by atoms with Crippen molar-refractivity contribution in [2.24, 2.45) is 5.41 Å². The molecule has 1 N–H and O–H groups in total. The van der Waals surface area contributed by atoms with Crippen LogP contribution in [0.25, 0.3) is 0 Å². The smallest absolute Gasteiger partial charge is 0.334 e. The summed E-state index contributed by atoms with van der Waals surface area (Å²) < 4.78 is 5.57. The number of hydrogen-bond acceptors (Lipinski definition) is 3. The maximum atomic E-state index is 12.1. The number of carboxylic acids is 1. The molecule has 4 heteroatoms. The van der Waals surface area contributed by atoms with Gasteiger partial charge in [0.25, 0.3) is 0 Å². The van der Waals surface area contributed by atoms with Gasteiger partial charge in [-0.05, 0) is 52.0 Å². The molecule has 0 saturated heterocycles. The lowest BCUT2D eigenvalue weighted by Gasteiger charge is -2.37. The van der Waals surface area contributed by atoms with Crippen LogP contribution in [0.5, 0.6) is 0 Å². The highest BCUT2D eigenvalue weighted by molar-refractivity contribution is 5.95. The lowest BCUT2D eigenvalue weighted by Crippen LogP contribution is -2.32. The van der Waals surface area contributed by atoms with Gasteiger partial charge >= 0.3 is 11.9 Å². The Morgan fingerprint density at radius 3 is 2.34 bits per heavy atom. The zero-order valence-electron chi connectivity index (χ0n) is 18.7. The van der Waals surface area contributed by atoms with E-state index in [0.29, 0.717) is 12.8 Å². The van der Waals surface area contributed by atoms with Crippen LogP contribution in [0, 0.1) is 5.41 Å². The molecule has 1 atom stereocenters. The lowest BCUT2D eigenvalue weighted by atomic mass is 9.71. The molecular formula is C25H34O4. The summed E-state index contributed by atoms with van der Waals surface area (Å²) in [7, 11) is 0. The fourth-order valence-electron chi connectivity index (χ4n) is 3.44. The Balaban J connectivity index is 2.92. The van der Waals surface area contributed by atoms with Gasteiger partial charge in [-0.3, -0.25) is 0 Å². The van der Waals surface area contributed by atoms with Crippen molar-refractivity contribution in [1.29, 1.82) is 0 Å². The standard InChI is InChI=1S/C25H34O4/c1-8-17(2)10-9-11-18(3)12-13-22-19(4)14-21(16-25(22,6)7)29-24(28)20(5)15-23(26)27/h8-13,15,21H,14,16H2,1-7H3,(H,26,27)/b10-9?,13-12?,17-8?,18-11?,20-15+. The molecule has 0 radical (unpaired) electrons. The van der Waals surface area contributed by atoms with Crippen LogP contribution in [0.3, 0.4) is 0 Å². The van der Waals surface area contributed by atoms with E-state index in [9.17, 15) is 9.59 Å². The van der Waals surface area contributed by atoms with Crippen LogP contribution in [0.4, 0.5) is 0 Å². The number of hydrogen-bond donors (Lipinski definition) is 1. The third-order valence-electron chi connectivity index (χ3n) is 5.08. The second-order valence-corrected chi connectivity index (χ2v) is 8.31. The van der Waals surface area contributed by atoms with Gasteiger partial charge in [0.05, 0.1) is 0 Å². The number of rotatable bonds is 7. The maximum absolute atomic E-state index is 12.1. The van der Waals surface area contributed by atoms with Crippen molar-refractivity contribution in [3.63, 3.8) is 0 Å². The van der Waals surface area contributed by atoms with Crippen molar-refractivity contribution in [1.82, 2.24) is 0 Å². The third kappa shape index (κ3) is 8.10. The SMILES string of the molecule is CC=C(C)C=CC=C(C)C=CC1=C(C)CC(OC(=O)/C(C)=C/C(=O)O)CC1(C)C. The Kier molecular flexibility index (Phi) is 9.09. The number of ether oxygens (including phenoxy) is 1. The molecule has 0 bridgehead atoms. The van der Waals surface area contributed by atoms with Gasteiger partial charge in [-0.2, -0.15) is 0 Å². The van der Waals surface area contributed by atoms with E-state index in [-0.39, 0.29) is 17.1 Å². The molecule has 1 rings (SSSR count). The van der Waals surface area contributed by atoms with Crippen molar-refractivity contribution in [3.05, 3.63) is 70.4 Å². The molecule has 0 amide bonds. The summed E-state index contributed by atoms with van der Waals surface area (Å²) in [6.07, 6.45) is 14.5. The minimum Gasteiger partial charge on any atom is -0.478 e. The molecule has 1 aliphatic carbocycles. The minimum absolute atomic E-state index is 0.101. The van der Waals surface area contributed by atoms with Gasteiger partial charge in [-0.1, -0.05) is 67.0 Å². The van der Waals surface area contributed by atoms with Crippen molar-refractivity contribution in [3.8, 4) is 0 Å². The highest BCUT2D eigenvalue weighted by Crippen LogP contribution is 2.42.